The van der Waals surface area contributed by atoms with Crippen LogP contribution < -0.4 is 10.1 Å². The standard InChI is InChI=1S/C26H22ClFN2O3/c1-16-3-7-18(8-4-16)23-24(29-21-15-19(27)9-12-22(21)33-2)26(32)30(25(23)31)14-13-17-5-10-20(28)11-6-17/h3-12,15,29H,13-14H2,1-2H3. The van der Waals surface area contributed by atoms with E-state index < -0.39 is 11.8 Å². The zero-order valence-electron chi connectivity index (χ0n) is 18.2. The van der Waals surface area contributed by atoms with Gasteiger partial charge in [0.25, 0.3) is 11.8 Å². The maximum atomic E-state index is 13.4. The highest BCUT2D eigenvalue weighted by Crippen LogP contribution is 2.34. The summed E-state index contributed by atoms with van der Waals surface area (Å²) in [6, 6.07) is 18.4. The molecule has 0 unspecified atom stereocenters. The van der Waals surface area contributed by atoms with Gasteiger partial charge in [-0.1, -0.05) is 53.6 Å². The Balaban J connectivity index is 1.69. The van der Waals surface area contributed by atoms with Gasteiger partial charge in [-0.05, 0) is 54.8 Å². The van der Waals surface area contributed by atoms with Crippen LogP contribution in [0.25, 0.3) is 5.57 Å². The number of hydrogen-bond acceptors (Lipinski definition) is 4. The van der Waals surface area contributed by atoms with Gasteiger partial charge in [0.15, 0.2) is 0 Å². The zero-order chi connectivity index (χ0) is 23.5. The highest BCUT2D eigenvalue weighted by molar-refractivity contribution is 6.36. The summed E-state index contributed by atoms with van der Waals surface area (Å²) in [4.78, 5) is 28.0. The molecule has 3 aromatic rings. The highest BCUT2D eigenvalue weighted by Gasteiger charge is 2.39. The zero-order valence-corrected chi connectivity index (χ0v) is 18.9. The van der Waals surface area contributed by atoms with Gasteiger partial charge in [-0.15, -0.1) is 0 Å². The number of nitrogens with zero attached hydrogens (tertiary/aromatic N) is 1. The number of benzene rings is 3. The molecule has 2 amide bonds. The van der Waals surface area contributed by atoms with Gasteiger partial charge >= 0.3 is 0 Å². The van der Waals surface area contributed by atoms with Crippen molar-refractivity contribution >= 4 is 34.7 Å². The third-order valence-electron chi connectivity index (χ3n) is 5.47. The number of carbonyl (C=O) groups excluding carboxylic acids is 2. The number of hydrogen-bond donors (Lipinski definition) is 1. The van der Waals surface area contributed by atoms with E-state index in [2.05, 4.69) is 5.32 Å². The lowest BCUT2D eigenvalue weighted by Crippen LogP contribution is -2.34. The van der Waals surface area contributed by atoms with Gasteiger partial charge in [-0.25, -0.2) is 4.39 Å². The van der Waals surface area contributed by atoms with Crippen LogP contribution in [0.3, 0.4) is 0 Å². The van der Waals surface area contributed by atoms with Crippen LogP contribution in [-0.2, 0) is 16.0 Å². The molecular weight excluding hydrogens is 443 g/mol. The minimum absolute atomic E-state index is 0.156. The summed E-state index contributed by atoms with van der Waals surface area (Å²) < 4.78 is 18.6. The largest absolute Gasteiger partial charge is 0.495 e. The molecule has 168 valence electrons. The van der Waals surface area contributed by atoms with Crippen LogP contribution in [-0.4, -0.2) is 30.4 Å². The molecule has 0 atom stereocenters. The first kappa shape index (κ1) is 22.6. The maximum absolute atomic E-state index is 13.4. The number of amides is 2. The lowest BCUT2D eigenvalue weighted by atomic mass is 10.0. The Morgan fingerprint density at radius 3 is 2.33 bits per heavy atom. The Hall–Kier alpha value is -3.64. The number of methoxy groups -OCH3 is 1. The van der Waals surface area contributed by atoms with Crippen LogP contribution >= 0.6 is 11.6 Å². The van der Waals surface area contributed by atoms with Crippen molar-refractivity contribution in [1.29, 1.82) is 0 Å². The van der Waals surface area contributed by atoms with Gasteiger partial charge < -0.3 is 10.1 Å². The maximum Gasteiger partial charge on any atom is 0.278 e. The molecule has 1 N–H and O–H groups in total. The third-order valence-corrected chi connectivity index (χ3v) is 5.70. The quantitative estimate of drug-likeness (QED) is 0.486. The number of halogens is 2. The van der Waals surface area contributed by atoms with E-state index in [0.29, 0.717) is 28.4 Å². The van der Waals surface area contributed by atoms with E-state index in [0.717, 1.165) is 11.1 Å². The summed E-state index contributed by atoms with van der Waals surface area (Å²) >= 11 is 6.15. The summed E-state index contributed by atoms with van der Waals surface area (Å²) in [5.74, 6) is -0.688. The molecule has 7 heteroatoms. The summed E-state index contributed by atoms with van der Waals surface area (Å²) in [5.41, 5.74) is 3.41. The lowest BCUT2D eigenvalue weighted by Gasteiger charge is -2.16. The summed E-state index contributed by atoms with van der Waals surface area (Å²) in [6.07, 6.45) is 0.409. The van der Waals surface area contributed by atoms with Crippen molar-refractivity contribution in [3.63, 3.8) is 0 Å². The molecule has 0 radical (unpaired) electrons. The monoisotopic (exact) mass is 464 g/mol. The Bertz CT molecular complexity index is 1240. The topological polar surface area (TPSA) is 58.6 Å². The van der Waals surface area contributed by atoms with Crippen molar-refractivity contribution in [2.45, 2.75) is 13.3 Å². The van der Waals surface area contributed by atoms with Gasteiger partial charge in [0.05, 0.1) is 18.4 Å². The molecule has 3 aromatic carbocycles. The minimum Gasteiger partial charge on any atom is -0.495 e. The van der Waals surface area contributed by atoms with Crippen LogP contribution in [0.15, 0.2) is 72.4 Å². The molecule has 0 saturated heterocycles. The fourth-order valence-electron chi connectivity index (χ4n) is 3.69. The second kappa shape index (κ2) is 9.46. The van der Waals surface area contributed by atoms with Crippen molar-refractivity contribution in [3.8, 4) is 5.75 Å². The van der Waals surface area contributed by atoms with E-state index in [1.165, 1.54) is 24.1 Å². The predicted molar refractivity (Wildman–Crippen MR) is 127 cm³/mol. The Morgan fingerprint density at radius 1 is 0.970 bits per heavy atom. The van der Waals surface area contributed by atoms with Gasteiger partial charge in [0.1, 0.15) is 17.3 Å². The molecule has 33 heavy (non-hydrogen) atoms. The number of ether oxygens (including phenoxy) is 1. The van der Waals surface area contributed by atoms with E-state index in [1.54, 1.807) is 30.3 Å². The molecule has 0 bridgehead atoms. The van der Waals surface area contributed by atoms with Crippen molar-refractivity contribution < 1.29 is 18.7 Å². The number of anilines is 1. The molecule has 1 aliphatic rings. The van der Waals surface area contributed by atoms with Crippen LogP contribution in [0.2, 0.25) is 5.02 Å². The highest BCUT2D eigenvalue weighted by atomic mass is 35.5. The van der Waals surface area contributed by atoms with Gasteiger partial charge in [-0.3, -0.25) is 14.5 Å². The second-order valence-corrected chi connectivity index (χ2v) is 8.16. The van der Waals surface area contributed by atoms with Crippen molar-refractivity contribution in [1.82, 2.24) is 4.90 Å². The predicted octanol–water partition coefficient (Wildman–Crippen LogP) is 5.23. The first-order valence-electron chi connectivity index (χ1n) is 10.4. The van der Waals surface area contributed by atoms with Crippen LogP contribution in [0.1, 0.15) is 16.7 Å². The fraction of sp³-hybridized carbons (Fsp3) is 0.154. The normalized spacial score (nSPS) is 13.6. The molecular formula is C26H22ClFN2O3. The molecule has 0 aromatic heterocycles. The molecule has 0 aliphatic carbocycles. The summed E-state index contributed by atoms with van der Waals surface area (Å²) in [7, 11) is 1.51. The van der Waals surface area contributed by atoms with Crippen molar-refractivity contribution in [2.24, 2.45) is 0 Å². The van der Waals surface area contributed by atoms with E-state index in [9.17, 15) is 14.0 Å². The van der Waals surface area contributed by atoms with Gasteiger partial charge in [-0.2, -0.15) is 0 Å². The Labute approximate surface area is 196 Å². The summed E-state index contributed by atoms with van der Waals surface area (Å²) in [5, 5.41) is 3.55. The summed E-state index contributed by atoms with van der Waals surface area (Å²) in [6.45, 7) is 2.11. The number of imide groups is 1. The van der Waals surface area contributed by atoms with Gasteiger partial charge in [0, 0.05) is 11.6 Å². The Kier molecular flexibility index (Phi) is 6.47. The smallest absolute Gasteiger partial charge is 0.278 e. The van der Waals surface area contributed by atoms with E-state index in [-0.39, 0.29) is 23.6 Å². The second-order valence-electron chi connectivity index (χ2n) is 7.72. The lowest BCUT2D eigenvalue weighted by molar-refractivity contribution is -0.136. The minimum atomic E-state index is -0.445. The molecule has 4 rings (SSSR count). The number of carbonyl (C=O) groups is 2. The number of rotatable bonds is 7. The average molecular weight is 465 g/mol. The molecule has 0 saturated carbocycles. The third kappa shape index (κ3) is 4.76. The van der Waals surface area contributed by atoms with Gasteiger partial charge in [0.2, 0.25) is 0 Å². The number of aryl methyl sites for hydroxylation is 1. The van der Waals surface area contributed by atoms with E-state index in [4.69, 9.17) is 16.3 Å². The van der Waals surface area contributed by atoms with Crippen molar-refractivity contribution in [2.75, 3.05) is 19.0 Å². The fourth-order valence-corrected chi connectivity index (χ4v) is 3.86. The average Bonchev–Trinajstić information content (AvgIpc) is 3.03. The molecule has 1 heterocycles. The van der Waals surface area contributed by atoms with Crippen LogP contribution in [0, 0.1) is 12.7 Å². The van der Waals surface area contributed by atoms with E-state index in [1.807, 2.05) is 31.2 Å². The van der Waals surface area contributed by atoms with E-state index >= 15 is 0 Å². The van der Waals surface area contributed by atoms with Crippen molar-refractivity contribution in [3.05, 3.63) is 100.0 Å². The van der Waals surface area contributed by atoms with Crippen LogP contribution in [0.4, 0.5) is 10.1 Å². The SMILES string of the molecule is COc1ccc(Cl)cc1NC1=C(c2ccc(C)cc2)C(=O)N(CCc2ccc(F)cc2)C1=O. The van der Waals surface area contributed by atoms with Crippen LogP contribution in [0.5, 0.6) is 5.75 Å². The molecule has 0 fully saturated rings. The number of nitrogens with one attached hydrogen (secondary N) is 1. The molecule has 1 aliphatic heterocycles. The first-order chi connectivity index (χ1) is 15.9. The molecule has 5 nitrogen and oxygen atoms in total. The molecule has 0 spiro atoms. The Morgan fingerprint density at radius 2 is 1.67 bits per heavy atom. The first-order valence-corrected chi connectivity index (χ1v) is 10.8.